The monoisotopic (exact) mass is 463 g/mol. The van der Waals surface area contributed by atoms with Crippen molar-refractivity contribution >= 4 is 33.4 Å². The Hall–Kier alpha value is -2.58. The molecule has 3 rings (SSSR count). The van der Waals surface area contributed by atoms with Gasteiger partial charge in [0.05, 0.1) is 4.90 Å². The van der Waals surface area contributed by atoms with Crippen molar-refractivity contribution in [2.24, 2.45) is 0 Å². The van der Waals surface area contributed by atoms with Crippen LogP contribution < -0.4 is 16.0 Å². The van der Waals surface area contributed by atoms with Crippen LogP contribution in [0.25, 0.3) is 0 Å². The minimum absolute atomic E-state index is 0.00966. The fraction of sp³-hybridized carbons (Fsp3) is 0.364. The molecule has 0 heterocycles. The molecule has 0 radical (unpaired) electrons. The molecule has 0 unspecified atom stereocenters. The number of nitrogens with one attached hydrogen (secondary N) is 3. The van der Waals surface area contributed by atoms with Crippen LogP contribution in [0.15, 0.2) is 53.4 Å². The molecule has 0 spiro atoms. The highest BCUT2D eigenvalue weighted by Gasteiger charge is 2.24. The lowest BCUT2D eigenvalue weighted by molar-refractivity contribution is 0.0924. The molecule has 0 atom stereocenters. The van der Waals surface area contributed by atoms with E-state index in [1.807, 2.05) is 12.1 Å². The number of carbonyl (C=O) groups excluding carboxylic acids is 2. The maximum atomic E-state index is 12.5. The van der Waals surface area contributed by atoms with E-state index in [2.05, 4.69) is 16.0 Å². The van der Waals surface area contributed by atoms with Crippen LogP contribution in [0.5, 0.6) is 0 Å². The molecule has 9 heteroatoms. The summed E-state index contributed by atoms with van der Waals surface area (Å²) in [7, 11) is -3.37. The van der Waals surface area contributed by atoms with Gasteiger partial charge in [0.25, 0.3) is 5.91 Å². The van der Waals surface area contributed by atoms with Crippen molar-refractivity contribution in [2.75, 3.05) is 6.26 Å². The lowest BCUT2D eigenvalue weighted by atomic mass is 9.91. The first-order valence-electron chi connectivity index (χ1n) is 10.1. The molecule has 1 saturated carbocycles. The summed E-state index contributed by atoms with van der Waals surface area (Å²) in [4.78, 5) is 24.8. The van der Waals surface area contributed by atoms with Gasteiger partial charge < -0.3 is 16.0 Å². The van der Waals surface area contributed by atoms with Gasteiger partial charge >= 0.3 is 6.03 Å². The van der Waals surface area contributed by atoms with E-state index in [0.29, 0.717) is 17.1 Å². The molecule has 1 aliphatic carbocycles. The van der Waals surface area contributed by atoms with Gasteiger partial charge in [-0.3, -0.25) is 4.79 Å². The average molecular weight is 464 g/mol. The zero-order valence-electron chi connectivity index (χ0n) is 17.2. The van der Waals surface area contributed by atoms with Gasteiger partial charge in [0, 0.05) is 35.5 Å². The molecule has 0 bridgehead atoms. The predicted octanol–water partition coefficient (Wildman–Crippen LogP) is 3.28. The summed E-state index contributed by atoms with van der Waals surface area (Å²) >= 11 is 5.86. The minimum atomic E-state index is -3.37. The molecule has 0 aromatic heterocycles. The van der Waals surface area contributed by atoms with Gasteiger partial charge in [-0.15, -0.1) is 0 Å². The second kappa shape index (κ2) is 10.2. The molecule has 3 N–H and O–H groups in total. The number of halogens is 1. The maximum absolute atomic E-state index is 12.5. The molecule has 31 heavy (non-hydrogen) atoms. The van der Waals surface area contributed by atoms with Crippen molar-refractivity contribution in [2.45, 2.75) is 49.2 Å². The first kappa shape index (κ1) is 23.1. The van der Waals surface area contributed by atoms with Gasteiger partial charge in [-0.2, -0.15) is 0 Å². The summed E-state index contributed by atoms with van der Waals surface area (Å²) in [6.07, 6.45) is 4.09. The van der Waals surface area contributed by atoms with Crippen molar-refractivity contribution in [1.82, 2.24) is 16.0 Å². The molecule has 0 aliphatic heterocycles. The van der Waals surface area contributed by atoms with E-state index in [1.165, 1.54) is 12.1 Å². The van der Waals surface area contributed by atoms with Crippen LogP contribution in [0.2, 0.25) is 5.02 Å². The summed E-state index contributed by atoms with van der Waals surface area (Å²) in [5, 5.41) is 9.43. The number of amides is 3. The Morgan fingerprint density at radius 2 is 1.58 bits per heavy atom. The second-order valence-electron chi connectivity index (χ2n) is 7.78. The van der Waals surface area contributed by atoms with E-state index in [0.717, 1.165) is 37.5 Å². The van der Waals surface area contributed by atoms with Gasteiger partial charge in [-0.1, -0.05) is 29.8 Å². The fourth-order valence-electron chi connectivity index (χ4n) is 3.54. The van der Waals surface area contributed by atoms with Crippen LogP contribution in [-0.2, 0) is 16.4 Å². The Kier molecular flexibility index (Phi) is 7.56. The highest BCUT2D eigenvalue weighted by molar-refractivity contribution is 7.90. The van der Waals surface area contributed by atoms with Crippen LogP contribution in [0.4, 0.5) is 4.79 Å². The summed E-state index contributed by atoms with van der Waals surface area (Å²) < 4.78 is 23.4. The third kappa shape index (κ3) is 6.97. The fourth-order valence-corrected chi connectivity index (χ4v) is 4.33. The molecular formula is C22H26ClN3O4S. The van der Waals surface area contributed by atoms with Crippen LogP contribution in [0.3, 0.4) is 0 Å². The molecule has 0 saturated heterocycles. The standard InChI is InChI=1S/C22H26ClN3O4S/c1-31(29,30)20-4-2-3-16(13-20)21(27)25-18-9-11-19(12-10-18)26-22(28)24-14-15-5-7-17(23)8-6-15/h2-8,13,18-19H,9-12,14H2,1H3,(H,25,27)(H2,24,26,28). The highest BCUT2D eigenvalue weighted by Crippen LogP contribution is 2.20. The van der Waals surface area contributed by atoms with Crippen molar-refractivity contribution in [3.8, 4) is 0 Å². The number of benzene rings is 2. The van der Waals surface area contributed by atoms with E-state index in [9.17, 15) is 18.0 Å². The maximum Gasteiger partial charge on any atom is 0.315 e. The Labute approximate surface area is 187 Å². The Morgan fingerprint density at radius 1 is 0.968 bits per heavy atom. The van der Waals surface area contributed by atoms with Crippen LogP contribution in [-0.4, -0.2) is 38.7 Å². The number of carbonyl (C=O) groups is 2. The highest BCUT2D eigenvalue weighted by atomic mass is 35.5. The van der Waals surface area contributed by atoms with E-state index < -0.39 is 9.84 Å². The molecule has 2 aromatic carbocycles. The third-order valence-electron chi connectivity index (χ3n) is 5.29. The van der Waals surface area contributed by atoms with E-state index in [1.54, 1.807) is 24.3 Å². The molecule has 3 amide bonds. The SMILES string of the molecule is CS(=O)(=O)c1cccc(C(=O)NC2CCC(NC(=O)NCc3ccc(Cl)cc3)CC2)c1. The van der Waals surface area contributed by atoms with Crippen molar-refractivity contribution in [1.29, 1.82) is 0 Å². The summed E-state index contributed by atoms with van der Waals surface area (Å²) in [6.45, 7) is 0.418. The van der Waals surface area contributed by atoms with Gasteiger partial charge in [0.15, 0.2) is 9.84 Å². The van der Waals surface area contributed by atoms with Gasteiger partial charge in [0.1, 0.15) is 0 Å². The predicted molar refractivity (Wildman–Crippen MR) is 120 cm³/mol. The van der Waals surface area contributed by atoms with Crippen molar-refractivity contribution < 1.29 is 18.0 Å². The Morgan fingerprint density at radius 3 is 2.19 bits per heavy atom. The van der Waals surface area contributed by atoms with Crippen molar-refractivity contribution in [3.05, 3.63) is 64.7 Å². The van der Waals surface area contributed by atoms with Gasteiger partial charge in [0.2, 0.25) is 0 Å². The van der Waals surface area contributed by atoms with Gasteiger partial charge in [-0.05, 0) is 61.6 Å². The van der Waals surface area contributed by atoms with E-state index in [-0.39, 0.29) is 28.9 Å². The van der Waals surface area contributed by atoms with Gasteiger partial charge in [-0.25, -0.2) is 13.2 Å². The molecular weight excluding hydrogens is 438 g/mol. The number of hydrogen-bond acceptors (Lipinski definition) is 4. The number of urea groups is 1. The largest absolute Gasteiger partial charge is 0.349 e. The topological polar surface area (TPSA) is 104 Å². The zero-order valence-corrected chi connectivity index (χ0v) is 18.8. The summed E-state index contributed by atoms with van der Waals surface area (Å²) in [5.41, 5.74) is 1.29. The normalized spacial score (nSPS) is 18.8. The van der Waals surface area contributed by atoms with Crippen LogP contribution in [0.1, 0.15) is 41.6 Å². The second-order valence-corrected chi connectivity index (χ2v) is 10.2. The zero-order chi connectivity index (χ0) is 22.4. The molecule has 7 nitrogen and oxygen atoms in total. The minimum Gasteiger partial charge on any atom is -0.349 e. The number of sulfone groups is 1. The number of rotatable bonds is 6. The summed E-state index contributed by atoms with van der Waals surface area (Å²) in [5.74, 6) is -0.289. The Balaban J connectivity index is 1.42. The smallest absolute Gasteiger partial charge is 0.315 e. The van der Waals surface area contributed by atoms with Crippen LogP contribution >= 0.6 is 11.6 Å². The van der Waals surface area contributed by atoms with E-state index >= 15 is 0 Å². The number of hydrogen-bond donors (Lipinski definition) is 3. The summed E-state index contributed by atoms with van der Waals surface area (Å²) in [6, 6.07) is 13.1. The van der Waals surface area contributed by atoms with Crippen molar-refractivity contribution in [3.63, 3.8) is 0 Å². The third-order valence-corrected chi connectivity index (χ3v) is 6.65. The first-order valence-corrected chi connectivity index (χ1v) is 12.4. The van der Waals surface area contributed by atoms with E-state index in [4.69, 9.17) is 11.6 Å². The lowest BCUT2D eigenvalue weighted by Crippen LogP contribution is -2.46. The molecule has 1 aliphatic rings. The van der Waals surface area contributed by atoms with Crippen LogP contribution in [0, 0.1) is 0 Å². The molecule has 1 fully saturated rings. The quantitative estimate of drug-likeness (QED) is 0.611. The first-order chi connectivity index (χ1) is 14.7. The average Bonchev–Trinajstić information content (AvgIpc) is 2.74. The Bertz CT molecular complexity index is 1030. The molecule has 2 aromatic rings. The lowest BCUT2D eigenvalue weighted by Gasteiger charge is -2.29. The molecule has 166 valence electrons.